The summed E-state index contributed by atoms with van der Waals surface area (Å²) in [6.07, 6.45) is 10.0. The van der Waals surface area contributed by atoms with Gasteiger partial charge in [0.05, 0.1) is 165 Å². The van der Waals surface area contributed by atoms with Crippen molar-refractivity contribution in [2.45, 2.75) is 84.7 Å². The van der Waals surface area contributed by atoms with Crippen molar-refractivity contribution in [3.05, 3.63) is 0 Å². The predicted molar refractivity (Wildman–Crippen MR) is 217 cm³/mol. The molecule has 0 aromatic heterocycles. The molecule has 0 aromatic carbocycles. The van der Waals surface area contributed by atoms with Crippen LogP contribution in [0.2, 0.25) is 0 Å². The molecule has 1 amide bonds. The second-order valence-corrected chi connectivity index (χ2v) is 13.9. The van der Waals surface area contributed by atoms with E-state index in [2.05, 4.69) is 12.2 Å². The summed E-state index contributed by atoms with van der Waals surface area (Å²) in [5, 5.41) is 2.63. The number of amides is 1. The molecular weight excluding hydrogens is 746 g/mol. The zero-order valence-electron chi connectivity index (χ0n) is 36.4. The van der Waals surface area contributed by atoms with Gasteiger partial charge in [0.2, 0.25) is 0 Å². The summed E-state index contributed by atoms with van der Waals surface area (Å²) in [5.41, 5.74) is -0.513. The summed E-state index contributed by atoms with van der Waals surface area (Å²) in [5.74, 6) is 0. The van der Waals surface area contributed by atoms with Crippen LogP contribution in [0.4, 0.5) is 4.79 Å². The lowest BCUT2D eigenvalue weighted by molar-refractivity contribution is -0.0290. The highest BCUT2D eigenvalue weighted by Gasteiger charge is 2.15. The molecule has 0 radical (unpaired) electrons. The van der Waals surface area contributed by atoms with E-state index in [1.165, 1.54) is 44.9 Å². The molecule has 57 heavy (non-hydrogen) atoms. The number of carbonyl (C=O) groups excluding carboxylic acids is 1. The molecule has 1 N–H and O–H groups in total. The monoisotopic (exact) mass is 830 g/mol. The summed E-state index contributed by atoms with van der Waals surface area (Å²) in [6.45, 7) is 21.6. The number of nitrogens with one attached hydrogen (secondary N) is 1. The van der Waals surface area contributed by atoms with E-state index in [1.54, 1.807) is 0 Å². The largest absolute Gasteiger partial charge is 0.444 e. The fraction of sp³-hybridized carbons (Fsp3) is 0.976. The fourth-order valence-corrected chi connectivity index (χ4v) is 4.62. The molecule has 0 aliphatic carbocycles. The molecule has 0 saturated heterocycles. The smallest absolute Gasteiger partial charge is 0.407 e. The molecule has 0 aliphatic heterocycles. The van der Waals surface area contributed by atoms with E-state index in [-0.39, 0.29) is 0 Å². The number of unbranched alkanes of at least 4 members (excludes halogenated alkanes) is 7. The van der Waals surface area contributed by atoms with Crippen molar-refractivity contribution < 1.29 is 71.1 Å². The van der Waals surface area contributed by atoms with Crippen LogP contribution in [0.25, 0.3) is 0 Å². The standard InChI is InChI=1S/C41H83NO15/c1-5-6-7-8-9-10-11-12-14-44-16-18-46-20-22-48-24-26-50-28-30-52-32-34-54-36-38-56-39-37-55-35-33-53-31-29-51-27-25-49-23-21-47-19-17-45-15-13-42-40(43)57-41(2,3)4/h5-39H2,1-4H3,(H,42,43). The van der Waals surface area contributed by atoms with Gasteiger partial charge in [-0.25, -0.2) is 4.79 Å². The van der Waals surface area contributed by atoms with E-state index in [0.29, 0.717) is 172 Å². The highest BCUT2D eigenvalue weighted by atomic mass is 16.6. The van der Waals surface area contributed by atoms with Crippen molar-refractivity contribution in [1.29, 1.82) is 0 Å². The summed E-state index contributed by atoms with van der Waals surface area (Å²) < 4.78 is 76.7. The van der Waals surface area contributed by atoms with Crippen LogP contribution in [0.5, 0.6) is 0 Å². The summed E-state index contributed by atoms with van der Waals surface area (Å²) in [6, 6.07) is 0. The molecule has 0 saturated carbocycles. The molecule has 0 heterocycles. The zero-order chi connectivity index (χ0) is 41.4. The van der Waals surface area contributed by atoms with Crippen LogP contribution in [0, 0.1) is 0 Å². The lowest BCUT2D eigenvalue weighted by Gasteiger charge is -2.19. The lowest BCUT2D eigenvalue weighted by atomic mass is 10.1. The van der Waals surface area contributed by atoms with Crippen molar-refractivity contribution in [3.8, 4) is 0 Å². The minimum atomic E-state index is -0.513. The van der Waals surface area contributed by atoms with E-state index in [1.807, 2.05) is 20.8 Å². The molecule has 342 valence electrons. The fourth-order valence-electron chi connectivity index (χ4n) is 4.62. The first-order valence-corrected chi connectivity index (χ1v) is 21.4. The summed E-state index contributed by atoms with van der Waals surface area (Å²) >= 11 is 0. The van der Waals surface area contributed by atoms with E-state index < -0.39 is 11.7 Å². The molecule has 16 heteroatoms. The van der Waals surface area contributed by atoms with Crippen molar-refractivity contribution in [1.82, 2.24) is 5.32 Å². The van der Waals surface area contributed by atoms with Crippen LogP contribution in [-0.4, -0.2) is 190 Å². The van der Waals surface area contributed by atoms with Crippen molar-refractivity contribution >= 4 is 6.09 Å². The number of rotatable bonds is 48. The van der Waals surface area contributed by atoms with Gasteiger partial charge in [-0.05, 0) is 27.2 Å². The highest BCUT2D eigenvalue weighted by molar-refractivity contribution is 5.67. The van der Waals surface area contributed by atoms with Gasteiger partial charge in [-0.1, -0.05) is 51.9 Å². The number of hydrogen-bond acceptors (Lipinski definition) is 15. The van der Waals surface area contributed by atoms with Crippen LogP contribution >= 0.6 is 0 Å². The van der Waals surface area contributed by atoms with E-state index in [0.717, 1.165) is 13.0 Å². The number of hydrogen-bond donors (Lipinski definition) is 1. The molecule has 0 aromatic rings. The van der Waals surface area contributed by atoms with Gasteiger partial charge in [-0.15, -0.1) is 0 Å². The number of alkyl carbamates (subject to hydrolysis) is 1. The van der Waals surface area contributed by atoms with Crippen LogP contribution in [0.15, 0.2) is 0 Å². The van der Waals surface area contributed by atoms with Crippen molar-refractivity contribution in [3.63, 3.8) is 0 Å². The average Bonchev–Trinajstić information content (AvgIpc) is 3.18. The zero-order valence-corrected chi connectivity index (χ0v) is 36.4. The van der Waals surface area contributed by atoms with Crippen molar-refractivity contribution in [2.75, 3.05) is 178 Å². The van der Waals surface area contributed by atoms with Gasteiger partial charge in [0.25, 0.3) is 0 Å². The van der Waals surface area contributed by atoms with Gasteiger partial charge in [-0.2, -0.15) is 0 Å². The average molecular weight is 830 g/mol. The first-order valence-electron chi connectivity index (χ1n) is 21.4. The minimum Gasteiger partial charge on any atom is -0.444 e. The second-order valence-electron chi connectivity index (χ2n) is 13.9. The molecule has 0 atom stereocenters. The minimum absolute atomic E-state index is 0.382. The Bertz CT molecular complexity index is 779. The Morgan fingerprint density at radius 1 is 0.333 bits per heavy atom. The summed E-state index contributed by atoms with van der Waals surface area (Å²) in [4.78, 5) is 11.5. The Balaban J connectivity index is 3.09. The van der Waals surface area contributed by atoms with Gasteiger partial charge in [0, 0.05) is 13.2 Å². The molecule has 0 bridgehead atoms. The second kappa shape index (κ2) is 47.4. The molecule has 0 rings (SSSR count). The van der Waals surface area contributed by atoms with E-state index >= 15 is 0 Å². The van der Waals surface area contributed by atoms with Crippen LogP contribution in [0.3, 0.4) is 0 Å². The van der Waals surface area contributed by atoms with Crippen molar-refractivity contribution in [2.24, 2.45) is 0 Å². The molecular formula is C41H83NO15. The predicted octanol–water partition coefficient (Wildman–Crippen LogP) is 4.87. The molecule has 0 fully saturated rings. The number of ether oxygens (including phenoxy) is 14. The maximum absolute atomic E-state index is 11.5. The molecule has 16 nitrogen and oxygen atoms in total. The normalized spacial score (nSPS) is 11.8. The number of carbonyl (C=O) groups is 1. The Morgan fingerprint density at radius 3 is 0.825 bits per heavy atom. The van der Waals surface area contributed by atoms with Gasteiger partial charge in [0.15, 0.2) is 0 Å². The molecule has 0 spiro atoms. The maximum Gasteiger partial charge on any atom is 0.407 e. The SMILES string of the molecule is CCCCCCCCCCOCCOCCOCCOCCOCCOCCOCCOCCOCCOCCOCCOCCOCCNC(=O)OC(C)(C)C. The van der Waals surface area contributed by atoms with Gasteiger partial charge in [0.1, 0.15) is 5.60 Å². The molecule has 0 aliphatic rings. The summed E-state index contributed by atoms with van der Waals surface area (Å²) in [7, 11) is 0. The van der Waals surface area contributed by atoms with Crippen LogP contribution < -0.4 is 5.32 Å². The first-order chi connectivity index (χ1) is 28.0. The lowest BCUT2D eigenvalue weighted by Crippen LogP contribution is -2.34. The maximum atomic E-state index is 11.5. The van der Waals surface area contributed by atoms with Crippen LogP contribution in [-0.2, 0) is 66.3 Å². The molecule has 0 unspecified atom stereocenters. The Labute approximate surface area is 345 Å². The quantitative estimate of drug-likeness (QED) is 0.0828. The third kappa shape index (κ3) is 52.7. The third-order valence-corrected chi connectivity index (χ3v) is 7.52. The van der Waals surface area contributed by atoms with Crippen LogP contribution in [0.1, 0.15) is 79.1 Å². The van der Waals surface area contributed by atoms with Gasteiger partial charge < -0.3 is 71.6 Å². The third-order valence-electron chi connectivity index (χ3n) is 7.52. The topological polar surface area (TPSA) is 158 Å². The van der Waals surface area contributed by atoms with E-state index in [9.17, 15) is 4.79 Å². The highest BCUT2D eigenvalue weighted by Crippen LogP contribution is 2.08. The first kappa shape index (κ1) is 55.8. The Morgan fingerprint density at radius 2 is 0.561 bits per heavy atom. The van der Waals surface area contributed by atoms with Gasteiger partial charge >= 0.3 is 6.09 Å². The Hall–Kier alpha value is -1.25. The Kier molecular flexibility index (Phi) is 46.4. The van der Waals surface area contributed by atoms with E-state index in [4.69, 9.17) is 66.3 Å². The van der Waals surface area contributed by atoms with Gasteiger partial charge in [-0.3, -0.25) is 0 Å².